The van der Waals surface area contributed by atoms with Crippen LogP contribution in [0, 0.1) is 0 Å². The maximum atomic E-state index is 11.2. The average Bonchev–Trinajstić information content (AvgIpc) is 2.19. The molecular weight excluding hydrogens is 192 g/mol. The molecule has 1 fully saturated rings. The summed E-state index contributed by atoms with van der Waals surface area (Å²) in [6.45, 7) is 2.44. The SMILES string of the molecule is CCCOC(=O)OC1CCCCCCC1. The first-order chi connectivity index (χ1) is 7.33. The van der Waals surface area contributed by atoms with E-state index in [1.165, 1.54) is 32.1 Å². The van der Waals surface area contributed by atoms with E-state index in [0.717, 1.165) is 19.3 Å². The molecule has 0 atom stereocenters. The van der Waals surface area contributed by atoms with Crippen LogP contribution in [0.25, 0.3) is 0 Å². The summed E-state index contributed by atoms with van der Waals surface area (Å²) in [7, 11) is 0. The Balaban J connectivity index is 2.19. The van der Waals surface area contributed by atoms with Crippen molar-refractivity contribution in [1.29, 1.82) is 0 Å². The molecule has 0 aromatic carbocycles. The number of carbonyl (C=O) groups is 1. The molecule has 0 heterocycles. The molecule has 0 amide bonds. The lowest BCUT2D eigenvalue weighted by atomic mass is 9.99. The van der Waals surface area contributed by atoms with Gasteiger partial charge in [-0.2, -0.15) is 0 Å². The molecule has 0 spiro atoms. The van der Waals surface area contributed by atoms with Crippen molar-refractivity contribution in [3.05, 3.63) is 0 Å². The maximum Gasteiger partial charge on any atom is 0.508 e. The van der Waals surface area contributed by atoms with Crippen LogP contribution in [-0.4, -0.2) is 18.9 Å². The van der Waals surface area contributed by atoms with Gasteiger partial charge in [0.25, 0.3) is 0 Å². The molecule has 0 bridgehead atoms. The average molecular weight is 214 g/mol. The fourth-order valence-electron chi connectivity index (χ4n) is 1.89. The topological polar surface area (TPSA) is 35.5 Å². The van der Waals surface area contributed by atoms with Crippen LogP contribution in [0.1, 0.15) is 58.3 Å². The molecule has 1 aliphatic rings. The lowest BCUT2D eigenvalue weighted by Gasteiger charge is -2.19. The zero-order chi connectivity index (χ0) is 10.9. The summed E-state index contributed by atoms with van der Waals surface area (Å²) in [5.74, 6) is 0. The maximum absolute atomic E-state index is 11.2. The molecule has 1 rings (SSSR count). The van der Waals surface area contributed by atoms with E-state index in [4.69, 9.17) is 9.47 Å². The van der Waals surface area contributed by atoms with Gasteiger partial charge in [0.2, 0.25) is 0 Å². The molecule has 0 unspecified atom stereocenters. The van der Waals surface area contributed by atoms with Crippen LogP contribution >= 0.6 is 0 Å². The van der Waals surface area contributed by atoms with E-state index in [1.807, 2.05) is 6.92 Å². The van der Waals surface area contributed by atoms with Gasteiger partial charge in [0.15, 0.2) is 0 Å². The van der Waals surface area contributed by atoms with Gasteiger partial charge in [-0.3, -0.25) is 0 Å². The number of hydrogen-bond acceptors (Lipinski definition) is 3. The largest absolute Gasteiger partial charge is 0.508 e. The van der Waals surface area contributed by atoms with E-state index in [0.29, 0.717) is 6.61 Å². The van der Waals surface area contributed by atoms with E-state index >= 15 is 0 Å². The Morgan fingerprint density at radius 2 is 1.73 bits per heavy atom. The lowest BCUT2D eigenvalue weighted by molar-refractivity contribution is 0.0150. The minimum Gasteiger partial charge on any atom is -0.434 e. The van der Waals surface area contributed by atoms with Gasteiger partial charge >= 0.3 is 6.16 Å². The molecule has 3 nitrogen and oxygen atoms in total. The normalized spacial score (nSPS) is 19.0. The van der Waals surface area contributed by atoms with E-state index < -0.39 is 6.16 Å². The second kappa shape index (κ2) is 7.55. The van der Waals surface area contributed by atoms with Crippen molar-refractivity contribution < 1.29 is 14.3 Å². The highest BCUT2D eigenvalue weighted by Crippen LogP contribution is 2.19. The standard InChI is InChI=1S/C12H22O3/c1-2-10-14-12(13)15-11-8-6-4-3-5-7-9-11/h11H,2-10H2,1H3. The summed E-state index contributed by atoms with van der Waals surface area (Å²) >= 11 is 0. The quantitative estimate of drug-likeness (QED) is 0.672. The Kier molecular flexibility index (Phi) is 6.21. The second-order valence-electron chi connectivity index (χ2n) is 4.18. The van der Waals surface area contributed by atoms with Crippen molar-refractivity contribution in [3.63, 3.8) is 0 Å². The Labute approximate surface area is 92.1 Å². The zero-order valence-electron chi connectivity index (χ0n) is 9.67. The van der Waals surface area contributed by atoms with Crippen LogP contribution in [0.2, 0.25) is 0 Å². The Morgan fingerprint density at radius 1 is 1.13 bits per heavy atom. The molecule has 0 aliphatic heterocycles. The monoisotopic (exact) mass is 214 g/mol. The summed E-state index contributed by atoms with van der Waals surface area (Å²) in [5.41, 5.74) is 0. The van der Waals surface area contributed by atoms with Crippen LogP contribution in [0.5, 0.6) is 0 Å². The molecule has 1 saturated carbocycles. The van der Waals surface area contributed by atoms with Crippen LogP contribution in [0.15, 0.2) is 0 Å². The summed E-state index contributed by atoms with van der Waals surface area (Å²) in [6.07, 6.45) is 8.66. The van der Waals surface area contributed by atoms with Gasteiger partial charge in [-0.25, -0.2) is 4.79 Å². The highest BCUT2D eigenvalue weighted by molar-refractivity contribution is 5.60. The number of rotatable bonds is 3. The molecule has 88 valence electrons. The number of carbonyl (C=O) groups excluding carboxylic acids is 1. The van der Waals surface area contributed by atoms with Crippen molar-refractivity contribution in [1.82, 2.24) is 0 Å². The summed E-state index contributed by atoms with van der Waals surface area (Å²) in [4.78, 5) is 11.2. The van der Waals surface area contributed by atoms with Gasteiger partial charge in [0, 0.05) is 0 Å². The zero-order valence-corrected chi connectivity index (χ0v) is 9.67. The predicted molar refractivity (Wildman–Crippen MR) is 58.8 cm³/mol. The van der Waals surface area contributed by atoms with Crippen molar-refractivity contribution in [3.8, 4) is 0 Å². The smallest absolute Gasteiger partial charge is 0.434 e. The van der Waals surface area contributed by atoms with Crippen molar-refractivity contribution in [2.75, 3.05) is 6.61 Å². The molecular formula is C12H22O3. The lowest BCUT2D eigenvalue weighted by Crippen LogP contribution is -2.20. The highest BCUT2D eigenvalue weighted by Gasteiger charge is 2.16. The molecule has 0 radical (unpaired) electrons. The predicted octanol–water partition coefficient (Wildman–Crippen LogP) is 3.66. The highest BCUT2D eigenvalue weighted by atomic mass is 16.7. The molecule has 15 heavy (non-hydrogen) atoms. The number of hydrogen-bond donors (Lipinski definition) is 0. The Bertz CT molecular complexity index is 172. The van der Waals surface area contributed by atoms with E-state index in [9.17, 15) is 4.79 Å². The van der Waals surface area contributed by atoms with Crippen molar-refractivity contribution in [2.24, 2.45) is 0 Å². The first-order valence-corrected chi connectivity index (χ1v) is 6.16. The Morgan fingerprint density at radius 3 is 2.33 bits per heavy atom. The molecule has 0 aromatic rings. The molecule has 0 aromatic heterocycles. The third kappa shape index (κ3) is 5.65. The first kappa shape index (κ1) is 12.3. The summed E-state index contributed by atoms with van der Waals surface area (Å²) in [6, 6.07) is 0. The van der Waals surface area contributed by atoms with Crippen LogP contribution in [0.3, 0.4) is 0 Å². The van der Waals surface area contributed by atoms with Crippen molar-refractivity contribution in [2.45, 2.75) is 64.4 Å². The van der Waals surface area contributed by atoms with Crippen molar-refractivity contribution >= 4 is 6.16 Å². The summed E-state index contributed by atoms with van der Waals surface area (Å²) in [5, 5.41) is 0. The third-order valence-corrected chi connectivity index (χ3v) is 2.74. The summed E-state index contributed by atoms with van der Waals surface area (Å²) < 4.78 is 10.2. The van der Waals surface area contributed by atoms with Crippen LogP contribution in [0.4, 0.5) is 4.79 Å². The third-order valence-electron chi connectivity index (χ3n) is 2.74. The van der Waals surface area contributed by atoms with Crippen LogP contribution in [-0.2, 0) is 9.47 Å². The van der Waals surface area contributed by atoms with Gasteiger partial charge < -0.3 is 9.47 Å². The fourth-order valence-corrected chi connectivity index (χ4v) is 1.89. The van der Waals surface area contributed by atoms with Crippen LogP contribution < -0.4 is 0 Å². The molecule has 0 N–H and O–H groups in total. The molecule has 0 saturated heterocycles. The fraction of sp³-hybridized carbons (Fsp3) is 0.917. The van der Waals surface area contributed by atoms with E-state index in [1.54, 1.807) is 0 Å². The first-order valence-electron chi connectivity index (χ1n) is 6.16. The Hall–Kier alpha value is -0.730. The van der Waals surface area contributed by atoms with Gasteiger partial charge in [-0.1, -0.05) is 26.2 Å². The number of ether oxygens (including phenoxy) is 2. The van der Waals surface area contributed by atoms with E-state index in [2.05, 4.69) is 0 Å². The second-order valence-corrected chi connectivity index (χ2v) is 4.18. The van der Waals surface area contributed by atoms with Gasteiger partial charge in [-0.15, -0.1) is 0 Å². The van der Waals surface area contributed by atoms with Gasteiger partial charge in [-0.05, 0) is 32.1 Å². The van der Waals surface area contributed by atoms with Gasteiger partial charge in [0.05, 0.1) is 6.61 Å². The van der Waals surface area contributed by atoms with E-state index in [-0.39, 0.29) is 6.10 Å². The van der Waals surface area contributed by atoms with Gasteiger partial charge in [0.1, 0.15) is 6.10 Å². The minimum absolute atomic E-state index is 0.0923. The molecule has 1 aliphatic carbocycles. The minimum atomic E-state index is -0.484. The molecule has 3 heteroatoms.